The van der Waals surface area contributed by atoms with E-state index >= 15 is 0 Å². The number of hydrogen-bond acceptors (Lipinski definition) is 6. The number of nitrogens with zero attached hydrogens (tertiary/aromatic N) is 3. The third-order valence-electron chi connectivity index (χ3n) is 3.86. The molecule has 1 aromatic carbocycles. The van der Waals surface area contributed by atoms with Crippen LogP contribution in [0.15, 0.2) is 22.7 Å². The number of nitrogens with two attached hydrogens (primary N) is 1. The van der Waals surface area contributed by atoms with Crippen molar-refractivity contribution in [2.75, 3.05) is 18.8 Å². The molecule has 1 aliphatic heterocycles. The number of amides is 1. The summed E-state index contributed by atoms with van der Waals surface area (Å²) >= 11 is 0. The van der Waals surface area contributed by atoms with E-state index in [0.29, 0.717) is 30.5 Å². The molecule has 0 radical (unpaired) electrons. The zero-order chi connectivity index (χ0) is 17.5. The second-order valence-corrected chi connectivity index (χ2v) is 7.11. The van der Waals surface area contributed by atoms with Crippen molar-refractivity contribution in [3.63, 3.8) is 0 Å². The first kappa shape index (κ1) is 16.3. The van der Waals surface area contributed by atoms with Gasteiger partial charge in [-0.2, -0.15) is 4.98 Å². The molecule has 1 fully saturated rings. The highest BCUT2D eigenvalue weighted by molar-refractivity contribution is 5.69. The number of carbonyl (C=O) groups is 1. The van der Waals surface area contributed by atoms with Crippen molar-refractivity contribution in [3.05, 3.63) is 29.7 Å². The van der Waals surface area contributed by atoms with Gasteiger partial charge in [-0.25, -0.2) is 4.79 Å². The molecule has 2 N–H and O–H groups in total. The van der Waals surface area contributed by atoms with Crippen molar-refractivity contribution >= 4 is 11.8 Å². The Hall–Kier alpha value is -2.57. The van der Waals surface area contributed by atoms with E-state index in [0.717, 1.165) is 11.1 Å². The van der Waals surface area contributed by atoms with Crippen LogP contribution in [0.25, 0.3) is 11.4 Å². The van der Waals surface area contributed by atoms with Crippen molar-refractivity contribution < 1.29 is 14.1 Å². The largest absolute Gasteiger partial charge is 0.444 e. The molecule has 0 atom stereocenters. The number of benzene rings is 1. The van der Waals surface area contributed by atoms with Crippen LogP contribution in [0, 0.1) is 6.92 Å². The SMILES string of the molecule is Cc1ccc(-c2noc(C3CN(C(=O)OC(C)(C)C)C3)n2)cc1N. The van der Waals surface area contributed by atoms with Crippen LogP contribution in [0.2, 0.25) is 0 Å². The van der Waals surface area contributed by atoms with Gasteiger partial charge in [0.2, 0.25) is 11.7 Å². The first-order valence-electron chi connectivity index (χ1n) is 7.91. The molecule has 7 nitrogen and oxygen atoms in total. The third kappa shape index (κ3) is 3.34. The quantitative estimate of drug-likeness (QED) is 0.851. The van der Waals surface area contributed by atoms with Crippen LogP contribution in [-0.2, 0) is 4.74 Å². The van der Waals surface area contributed by atoms with Crippen LogP contribution >= 0.6 is 0 Å². The normalized spacial score (nSPS) is 15.2. The Morgan fingerprint density at radius 2 is 2.08 bits per heavy atom. The molecule has 1 saturated heterocycles. The zero-order valence-electron chi connectivity index (χ0n) is 14.4. The van der Waals surface area contributed by atoms with Crippen LogP contribution in [0.4, 0.5) is 10.5 Å². The van der Waals surface area contributed by atoms with Crippen molar-refractivity contribution in [1.29, 1.82) is 0 Å². The van der Waals surface area contributed by atoms with E-state index in [4.69, 9.17) is 15.0 Å². The smallest absolute Gasteiger partial charge is 0.410 e. The van der Waals surface area contributed by atoms with Gasteiger partial charge >= 0.3 is 6.09 Å². The molecule has 1 aromatic heterocycles. The highest BCUT2D eigenvalue weighted by Gasteiger charge is 2.37. The lowest BCUT2D eigenvalue weighted by Crippen LogP contribution is -2.50. The van der Waals surface area contributed by atoms with Gasteiger partial charge in [-0.15, -0.1) is 0 Å². The maximum Gasteiger partial charge on any atom is 0.410 e. The van der Waals surface area contributed by atoms with Gasteiger partial charge in [0.05, 0.1) is 5.92 Å². The Kier molecular flexibility index (Phi) is 3.95. The van der Waals surface area contributed by atoms with Gasteiger partial charge in [0.15, 0.2) is 0 Å². The predicted molar refractivity (Wildman–Crippen MR) is 89.4 cm³/mol. The molecule has 7 heteroatoms. The third-order valence-corrected chi connectivity index (χ3v) is 3.86. The topological polar surface area (TPSA) is 94.5 Å². The molecule has 0 aliphatic carbocycles. The molecule has 2 heterocycles. The molecule has 3 rings (SSSR count). The molecular formula is C17H22N4O3. The maximum atomic E-state index is 11.9. The number of likely N-dealkylation sites (tertiary alicyclic amines) is 1. The maximum absolute atomic E-state index is 11.9. The van der Waals surface area contributed by atoms with Gasteiger partial charge in [0.1, 0.15) is 5.60 Å². The van der Waals surface area contributed by atoms with Crippen molar-refractivity contribution in [3.8, 4) is 11.4 Å². The molecule has 1 aliphatic rings. The number of aryl methyl sites for hydroxylation is 1. The lowest BCUT2D eigenvalue weighted by atomic mass is 10.0. The molecule has 0 spiro atoms. The lowest BCUT2D eigenvalue weighted by molar-refractivity contribution is 0.00558. The molecule has 128 valence electrons. The Morgan fingerprint density at radius 3 is 2.71 bits per heavy atom. The van der Waals surface area contributed by atoms with Gasteiger partial charge in [0.25, 0.3) is 0 Å². The summed E-state index contributed by atoms with van der Waals surface area (Å²) in [4.78, 5) is 18.0. The fourth-order valence-corrected chi connectivity index (χ4v) is 2.41. The lowest BCUT2D eigenvalue weighted by Gasteiger charge is -2.37. The summed E-state index contributed by atoms with van der Waals surface area (Å²) in [6.45, 7) is 8.53. The average Bonchev–Trinajstić information content (AvgIpc) is 2.87. The Morgan fingerprint density at radius 1 is 1.38 bits per heavy atom. The number of rotatable bonds is 2. The van der Waals surface area contributed by atoms with E-state index in [2.05, 4.69) is 10.1 Å². The molecular weight excluding hydrogens is 308 g/mol. The Bertz CT molecular complexity index is 757. The van der Waals surface area contributed by atoms with E-state index in [9.17, 15) is 4.79 Å². The van der Waals surface area contributed by atoms with E-state index < -0.39 is 5.60 Å². The van der Waals surface area contributed by atoms with Gasteiger partial charge in [-0.1, -0.05) is 17.3 Å². The zero-order valence-corrected chi connectivity index (χ0v) is 14.4. The summed E-state index contributed by atoms with van der Waals surface area (Å²) in [5.41, 5.74) is 7.94. The summed E-state index contributed by atoms with van der Waals surface area (Å²) < 4.78 is 10.7. The number of hydrogen-bond donors (Lipinski definition) is 1. The number of anilines is 1. The molecule has 1 amide bonds. The van der Waals surface area contributed by atoms with Crippen LogP contribution in [0.5, 0.6) is 0 Å². The van der Waals surface area contributed by atoms with Gasteiger partial charge in [-0.05, 0) is 39.3 Å². The number of ether oxygens (including phenoxy) is 1. The molecule has 24 heavy (non-hydrogen) atoms. The van der Waals surface area contributed by atoms with Crippen molar-refractivity contribution in [2.24, 2.45) is 0 Å². The standard InChI is InChI=1S/C17H22N4O3/c1-10-5-6-11(7-13(10)18)14-19-15(24-20-14)12-8-21(9-12)16(22)23-17(2,3)4/h5-7,12H,8-9,18H2,1-4H3. The fourth-order valence-electron chi connectivity index (χ4n) is 2.41. The summed E-state index contributed by atoms with van der Waals surface area (Å²) in [5.74, 6) is 1.08. The average molecular weight is 330 g/mol. The summed E-state index contributed by atoms with van der Waals surface area (Å²) in [7, 11) is 0. The number of carbonyl (C=O) groups excluding carboxylic acids is 1. The Labute approximate surface area is 140 Å². The van der Waals surface area contributed by atoms with Gasteiger partial charge in [-0.3, -0.25) is 0 Å². The second-order valence-electron chi connectivity index (χ2n) is 7.11. The summed E-state index contributed by atoms with van der Waals surface area (Å²) in [6, 6.07) is 5.67. The second kappa shape index (κ2) is 5.81. The van der Waals surface area contributed by atoms with E-state index in [-0.39, 0.29) is 12.0 Å². The number of nitrogen functional groups attached to an aromatic ring is 1. The summed E-state index contributed by atoms with van der Waals surface area (Å²) in [5, 5.41) is 4.01. The van der Waals surface area contributed by atoms with Crippen LogP contribution in [-0.4, -0.2) is 39.8 Å². The van der Waals surface area contributed by atoms with Gasteiger partial charge in [0, 0.05) is 24.3 Å². The first-order chi connectivity index (χ1) is 11.2. The Balaban J connectivity index is 1.63. The minimum absolute atomic E-state index is 0.0431. The summed E-state index contributed by atoms with van der Waals surface area (Å²) in [6.07, 6.45) is -0.315. The predicted octanol–water partition coefficient (Wildman–Crippen LogP) is 2.96. The highest BCUT2D eigenvalue weighted by atomic mass is 16.6. The molecule has 0 saturated carbocycles. The first-order valence-corrected chi connectivity index (χ1v) is 7.91. The van der Waals surface area contributed by atoms with Crippen molar-refractivity contribution in [2.45, 2.75) is 39.2 Å². The van der Waals surface area contributed by atoms with E-state index in [1.54, 1.807) is 4.90 Å². The van der Waals surface area contributed by atoms with E-state index in [1.807, 2.05) is 45.9 Å². The van der Waals surface area contributed by atoms with Crippen LogP contribution in [0.1, 0.15) is 38.1 Å². The highest BCUT2D eigenvalue weighted by Crippen LogP contribution is 2.29. The van der Waals surface area contributed by atoms with Gasteiger partial charge < -0.3 is 19.9 Å². The van der Waals surface area contributed by atoms with Crippen LogP contribution < -0.4 is 5.73 Å². The fraction of sp³-hybridized carbons (Fsp3) is 0.471. The van der Waals surface area contributed by atoms with E-state index in [1.165, 1.54) is 0 Å². The van der Waals surface area contributed by atoms with Crippen LogP contribution in [0.3, 0.4) is 0 Å². The molecule has 0 unspecified atom stereocenters. The number of aromatic nitrogens is 2. The minimum atomic E-state index is -0.495. The monoisotopic (exact) mass is 330 g/mol. The minimum Gasteiger partial charge on any atom is -0.444 e. The molecule has 2 aromatic rings. The van der Waals surface area contributed by atoms with Crippen molar-refractivity contribution in [1.82, 2.24) is 15.0 Å². The molecule has 0 bridgehead atoms.